The Hall–Kier alpha value is -2.78. The molecular formula is C24H31N6O8PS. The van der Waals surface area contributed by atoms with Gasteiger partial charge in [-0.2, -0.15) is 9.97 Å². The van der Waals surface area contributed by atoms with E-state index < -0.39 is 48.9 Å². The lowest BCUT2D eigenvalue weighted by Gasteiger charge is -2.30. The van der Waals surface area contributed by atoms with E-state index in [2.05, 4.69) is 20.0 Å². The predicted octanol–water partition coefficient (Wildman–Crippen LogP) is 1.95. The standard InChI is InChI=1S/C24H31N6O8PS/c1-13(14-7-5-4-6-8-14)37-21(32)15-9-10-40-39(34,29-15)36-11-16-18(31)24(2,33)22(38-16)30-12-26-17-19(30)27-23(25)28-20(17)35-3/h4-8,12-13,15-16,18,22,31,33H,9-11H2,1-3H3,(H,29,34)(H2,25,27,28)/t13-,15-,16-,18-,22-,24-,39-/m1/s1. The van der Waals surface area contributed by atoms with E-state index in [1.807, 2.05) is 30.3 Å². The Morgan fingerprint density at radius 1 is 1.38 bits per heavy atom. The van der Waals surface area contributed by atoms with Gasteiger partial charge in [0.25, 0.3) is 0 Å². The number of carbonyl (C=O) groups excluding carboxylic acids is 1. The number of nitrogens with zero attached hydrogens (tertiary/aromatic N) is 4. The Labute approximate surface area is 233 Å². The number of hydrogen-bond acceptors (Lipinski definition) is 13. The Kier molecular flexibility index (Phi) is 8.08. The summed E-state index contributed by atoms with van der Waals surface area (Å²) in [6.07, 6.45) is -2.35. The first-order chi connectivity index (χ1) is 19.0. The second-order valence-electron chi connectivity index (χ2n) is 9.70. The lowest BCUT2D eigenvalue weighted by molar-refractivity contribution is -0.150. The molecule has 0 saturated carbocycles. The van der Waals surface area contributed by atoms with Gasteiger partial charge in [0.2, 0.25) is 11.8 Å². The van der Waals surface area contributed by atoms with E-state index in [0.29, 0.717) is 12.2 Å². The van der Waals surface area contributed by atoms with E-state index in [1.165, 1.54) is 24.9 Å². The summed E-state index contributed by atoms with van der Waals surface area (Å²) in [5, 5.41) is 24.9. The van der Waals surface area contributed by atoms with Gasteiger partial charge in [0.05, 0.1) is 20.0 Å². The number of ether oxygens (including phenoxy) is 3. The molecule has 2 fully saturated rings. The fraction of sp³-hybridized carbons (Fsp3) is 0.500. The molecule has 2 aliphatic rings. The predicted molar refractivity (Wildman–Crippen MR) is 145 cm³/mol. The van der Waals surface area contributed by atoms with Crippen LogP contribution in [-0.4, -0.2) is 79.0 Å². The van der Waals surface area contributed by atoms with E-state index >= 15 is 0 Å². The molecule has 16 heteroatoms. The summed E-state index contributed by atoms with van der Waals surface area (Å²) in [7, 11) is 1.41. The van der Waals surface area contributed by atoms with E-state index in [9.17, 15) is 19.6 Å². The molecule has 2 aromatic heterocycles. The Morgan fingerprint density at radius 2 is 2.12 bits per heavy atom. The molecule has 5 N–H and O–H groups in total. The van der Waals surface area contributed by atoms with Crippen molar-refractivity contribution >= 4 is 41.2 Å². The molecule has 0 radical (unpaired) electrons. The average molecular weight is 595 g/mol. The normalized spacial score (nSPS) is 31.2. The zero-order chi connectivity index (χ0) is 28.7. The first-order valence-electron chi connectivity index (χ1n) is 12.5. The molecule has 40 heavy (non-hydrogen) atoms. The number of nitrogens with two attached hydrogens (primary N) is 1. The van der Waals surface area contributed by atoms with Crippen LogP contribution >= 0.6 is 18.1 Å². The van der Waals surface area contributed by atoms with Crippen molar-refractivity contribution in [3.8, 4) is 5.88 Å². The number of hydrogen-bond donors (Lipinski definition) is 4. The molecule has 0 amide bonds. The zero-order valence-corrected chi connectivity index (χ0v) is 23.7. The lowest BCUT2D eigenvalue weighted by atomic mass is 9.96. The molecule has 14 nitrogen and oxygen atoms in total. The summed E-state index contributed by atoms with van der Waals surface area (Å²) in [4.78, 5) is 25.2. The quantitative estimate of drug-likeness (QED) is 0.218. The number of nitrogen functional groups attached to an aromatic ring is 1. The second-order valence-corrected chi connectivity index (χ2v) is 14.1. The summed E-state index contributed by atoms with van der Waals surface area (Å²) in [5.41, 5.74) is 5.34. The number of nitrogens with one attached hydrogen (secondary N) is 1. The van der Waals surface area contributed by atoms with Gasteiger partial charge in [-0.3, -0.25) is 13.9 Å². The maximum atomic E-state index is 13.5. The Morgan fingerprint density at radius 3 is 2.85 bits per heavy atom. The Bertz CT molecular complexity index is 1430. The van der Waals surface area contributed by atoms with Gasteiger partial charge >= 0.3 is 12.7 Å². The van der Waals surface area contributed by atoms with Gasteiger partial charge < -0.3 is 34.7 Å². The van der Waals surface area contributed by atoms with Crippen LogP contribution in [0.4, 0.5) is 5.95 Å². The fourth-order valence-electron chi connectivity index (χ4n) is 4.65. The molecule has 3 aromatic rings. The van der Waals surface area contributed by atoms with Crippen molar-refractivity contribution in [2.45, 2.75) is 56.5 Å². The summed E-state index contributed by atoms with van der Waals surface area (Å²) < 4.78 is 37.4. The minimum Gasteiger partial charge on any atom is -0.479 e. The number of aliphatic hydroxyl groups excluding tert-OH is 1. The van der Waals surface area contributed by atoms with Crippen molar-refractivity contribution in [2.24, 2.45) is 0 Å². The van der Waals surface area contributed by atoms with Crippen molar-refractivity contribution in [3.05, 3.63) is 42.2 Å². The first-order valence-corrected chi connectivity index (χ1v) is 15.8. The number of esters is 1. The molecule has 5 rings (SSSR count). The smallest absolute Gasteiger partial charge is 0.327 e. The van der Waals surface area contributed by atoms with Crippen molar-refractivity contribution in [2.75, 3.05) is 25.2 Å². The van der Waals surface area contributed by atoms with Gasteiger partial charge in [-0.05, 0) is 25.8 Å². The highest BCUT2D eigenvalue weighted by Gasteiger charge is 2.54. The van der Waals surface area contributed by atoms with Crippen molar-refractivity contribution < 1.29 is 38.3 Å². The monoisotopic (exact) mass is 594 g/mol. The van der Waals surface area contributed by atoms with Crippen molar-refractivity contribution in [1.82, 2.24) is 24.6 Å². The fourth-order valence-corrected chi connectivity index (χ4v) is 8.46. The molecule has 0 unspecified atom stereocenters. The van der Waals surface area contributed by atoms with Crippen LogP contribution in [0.3, 0.4) is 0 Å². The lowest BCUT2D eigenvalue weighted by Crippen LogP contribution is -2.44. The highest BCUT2D eigenvalue weighted by Crippen LogP contribution is 2.59. The van der Waals surface area contributed by atoms with Crippen LogP contribution in [0.25, 0.3) is 11.2 Å². The number of aromatic nitrogens is 4. The number of rotatable bonds is 8. The van der Waals surface area contributed by atoms with Crippen LogP contribution in [0.2, 0.25) is 0 Å². The second kappa shape index (κ2) is 11.2. The molecule has 1 aromatic carbocycles. The van der Waals surface area contributed by atoms with Gasteiger partial charge in [-0.15, -0.1) is 0 Å². The van der Waals surface area contributed by atoms with Crippen molar-refractivity contribution in [1.29, 1.82) is 0 Å². The van der Waals surface area contributed by atoms with Gasteiger partial charge in [-0.25, -0.2) is 10.1 Å². The maximum Gasteiger partial charge on any atom is 0.327 e. The van der Waals surface area contributed by atoms with E-state index in [-0.39, 0.29) is 29.6 Å². The largest absolute Gasteiger partial charge is 0.479 e. The van der Waals surface area contributed by atoms with Gasteiger partial charge in [0, 0.05) is 5.75 Å². The van der Waals surface area contributed by atoms with Gasteiger partial charge in [-0.1, -0.05) is 41.7 Å². The number of fused-ring (bicyclic) bond motifs is 1. The summed E-state index contributed by atoms with van der Waals surface area (Å²) in [5.74, 6) is -0.0791. The van der Waals surface area contributed by atoms with Gasteiger partial charge in [0.1, 0.15) is 30.0 Å². The minimum atomic E-state index is -3.58. The molecule has 0 aliphatic carbocycles. The van der Waals surface area contributed by atoms with Crippen LogP contribution < -0.4 is 15.6 Å². The Balaban J connectivity index is 1.25. The van der Waals surface area contributed by atoms with Crippen LogP contribution in [-0.2, 0) is 23.4 Å². The zero-order valence-electron chi connectivity index (χ0n) is 22.0. The highest BCUT2D eigenvalue weighted by atomic mass is 32.7. The highest BCUT2D eigenvalue weighted by molar-refractivity contribution is 8.56. The van der Waals surface area contributed by atoms with Crippen molar-refractivity contribution in [3.63, 3.8) is 0 Å². The number of imidazole rings is 1. The maximum absolute atomic E-state index is 13.5. The summed E-state index contributed by atoms with van der Waals surface area (Å²) in [6.45, 7) is -0.748. The number of anilines is 1. The topological polar surface area (TPSA) is 193 Å². The average Bonchev–Trinajstić information content (AvgIpc) is 3.45. The molecule has 2 saturated heterocycles. The van der Waals surface area contributed by atoms with E-state index in [0.717, 1.165) is 16.9 Å². The number of benzene rings is 1. The van der Waals surface area contributed by atoms with Crippen LogP contribution in [0, 0.1) is 0 Å². The first kappa shape index (κ1) is 28.7. The number of carbonyl (C=O) groups is 1. The summed E-state index contributed by atoms with van der Waals surface area (Å²) in [6, 6.07) is 8.46. The molecular weight excluding hydrogens is 563 g/mol. The minimum absolute atomic E-state index is 0.0751. The molecule has 2 aliphatic heterocycles. The summed E-state index contributed by atoms with van der Waals surface area (Å²) >= 11 is 1.05. The molecule has 0 spiro atoms. The number of methoxy groups -OCH3 is 1. The van der Waals surface area contributed by atoms with E-state index in [1.54, 1.807) is 6.92 Å². The molecule has 216 valence electrons. The third-order valence-corrected chi connectivity index (χ3v) is 10.9. The number of aliphatic hydroxyl groups is 2. The molecule has 4 heterocycles. The third-order valence-electron chi connectivity index (χ3n) is 6.84. The third kappa shape index (κ3) is 5.55. The van der Waals surface area contributed by atoms with Crippen LogP contribution in [0.1, 0.15) is 38.2 Å². The molecule has 0 bridgehead atoms. The van der Waals surface area contributed by atoms with E-state index in [4.69, 9.17) is 24.5 Å². The van der Waals surface area contributed by atoms with Crippen LogP contribution in [0.5, 0.6) is 5.88 Å². The SMILES string of the molecule is COc1nc(N)nc2c1ncn2[C@@H]1O[C@H](CO[P@]2(=O)N[C@@H](C(=O)O[C@H](C)c3ccccc3)CCS2)[C@@H](O)[C@@]1(C)O. The van der Waals surface area contributed by atoms with Gasteiger partial charge in [0.15, 0.2) is 17.4 Å². The molecule has 7 atom stereocenters. The van der Waals surface area contributed by atoms with Crippen LogP contribution in [0.15, 0.2) is 36.7 Å².